The first-order chi connectivity index (χ1) is 8.47. The molecule has 3 rings (SSSR count). The molecule has 0 atom stereocenters. The maximum Gasteiger partial charge on any atom is 0.407 e. The number of rotatable bonds is 3. The summed E-state index contributed by atoms with van der Waals surface area (Å²) in [5.74, 6) is 0. The Kier molecular flexibility index (Phi) is 3.07. The summed E-state index contributed by atoms with van der Waals surface area (Å²) >= 11 is 0. The number of amides is 1. The largest absolute Gasteiger partial charge is 0.444 e. The maximum absolute atomic E-state index is 12.6. The highest BCUT2D eigenvalue weighted by molar-refractivity contribution is 5.67. The highest BCUT2D eigenvalue weighted by Gasteiger charge is 2.77. The Morgan fingerprint density at radius 3 is 2.16 bits per heavy atom. The third-order valence-corrected chi connectivity index (χ3v) is 4.07. The highest BCUT2D eigenvalue weighted by Crippen LogP contribution is 2.79. The summed E-state index contributed by atoms with van der Waals surface area (Å²) in [5, 5.41) is 2.60. The monoisotopic (exact) mass is 279 g/mol. The number of hydrogen-bond donors (Lipinski definition) is 1. The summed E-state index contributed by atoms with van der Waals surface area (Å²) in [7, 11) is 0. The second kappa shape index (κ2) is 4.03. The first kappa shape index (κ1) is 14.5. The van der Waals surface area contributed by atoms with Crippen molar-refractivity contribution in [1.29, 1.82) is 0 Å². The molecule has 0 radical (unpaired) electrons. The molecule has 3 saturated carbocycles. The van der Waals surface area contributed by atoms with Crippen molar-refractivity contribution in [2.24, 2.45) is 10.8 Å². The smallest absolute Gasteiger partial charge is 0.407 e. The van der Waals surface area contributed by atoms with E-state index in [1.54, 1.807) is 20.8 Å². The van der Waals surface area contributed by atoms with E-state index in [0.717, 1.165) is 0 Å². The highest BCUT2D eigenvalue weighted by atomic mass is 19.4. The van der Waals surface area contributed by atoms with Gasteiger partial charge in [-0.1, -0.05) is 0 Å². The second-order valence-corrected chi connectivity index (χ2v) is 6.99. The molecular formula is C13H20F3NO2. The van der Waals surface area contributed by atoms with Crippen LogP contribution in [0.4, 0.5) is 18.0 Å². The molecule has 19 heavy (non-hydrogen) atoms. The van der Waals surface area contributed by atoms with Crippen molar-refractivity contribution in [3.63, 3.8) is 0 Å². The van der Waals surface area contributed by atoms with E-state index in [4.69, 9.17) is 4.74 Å². The molecule has 110 valence electrons. The molecule has 0 unspecified atom stereocenters. The van der Waals surface area contributed by atoms with Crippen LogP contribution >= 0.6 is 0 Å². The maximum atomic E-state index is 12.6. The Balaban J connectivity index is 1.67. The van der Waals surface area contributed by atoms with Crippen molar-refractivity contribution < 1.29 is 22.7 Å². The first-order valence-corrected chi connectivity index (χ1v) is 6.51. The van der Waals surface area contributed by atoms with E-state index in [1.165, 1.54) is 0 Å². The van der Waals surface area contributed by atoms with Crippen molar-refractivity contribution in [1.82, 2.24) is 5.32 Å². The van der Waals surface area contributed by atoms with Crippen molar-refractivity contribution in [2.75, 3.05) is 6.54 Å². The number of alkyl carbamates (subject to hydrolysis) is 1. The predicted molar refractivity (Wildman–Crippen MR) is 63.6 cm³/mol. The van der Waals surface area contributed by atoms with Gasteiger partial charge < -0.3 is 10.1 Å². The zero-order valence-corrected chi connectivity index (χ0v) is 11.5. The van der Waals surface area contributed by atoms with E-state index < -0.39 is 23.3 Å². The average Bonchev–Trinajstić information content (AvgIpc) is 2.00. The number of halogens is 3. The fraction of sp³-hybridized carbons (Fsp3) is 0.923. The van der Waals surface area contributed by atoms with Crippen LogP contribution in [0.15, 0.2) is 0 Å². The van der Waals surface area contributed by atoms with E-state index in [0.29, 0.717) is 13.0 Å². The normalized spacial score (nSPS) is 33.2. The van der Waals surface area contributed by atoms with Gasteiger partial charge in [-0.2, -0.15) is 13.2 Å². The summed E-state index contributed by atoms with van der Waals surface area (Å²) in [5.41, 5.74) is -2.15. The van der Waals surface area contributed by atoms with Gasteiger partial charge in [-0.25, -0.2) is 4.79 Å². The van der Waals surface area contributed by atoms with Crippen LogP contribution < -0.4 is 5.32 Å². The van der Waals surface area contributed by atoms with Gasteiger partial charge in [0.15, 0.2) is 0 Å². The van der Waals surface area contributed by atoms with Crippen molar-refractivity contribution in [2.45, 2.75) is 58.2 Å². The van der Waals surface area contributed by atoms with E-state index >= 15 is 0 Å². The number of nitrogens with one attached hydrogen (secondary N) is 1. The third-order valence-electron chi connectivity index (χ3n) is 4.07. The molecule has 3 nitrogen and oxygen atoms in total. The molecule has 0 aliphatic heterocycles. The molecule has 0 spiro atoms. The molecule has 1 N–H and O–H groups in total. The Labute approximate surface area is 110 Å². The Hall–Kier alpha value is -0.940. The van der Waals surface area contributed by atoms with Gasteiger partial charge in [0, 0.05) is 6.54 Å². The lowest BCUT2D eigenvalue weighted by atomic mass is 9.34. The van der Waals surface area contributed by atoms with Gasteiger partial charge in [0.1, 0.15) is 5.60 Å². The average molecular weight is 279 g/mol. The predicted octanol–water partition coefficient (Wildman–Crippen LogP) is 3.63. The SMILES string of the molecule is CC(C)(C)OC(=O)NCCC12CC(C(F)(F)F)(C1)C2. The minimum absolute atomic E-state index is 0.190. The molecular weight excluding hydrogens is 259 g/mol. The second-order valence-electron chi connectivity index (χ2n) is 6.99. The lowest BCUT2D eigenvalue weighted by Gasteiger charge is -2.71. The molecule has 0 saturated heterocycles. The van der Waals surface area contributed by atoms with E-state index in [9.17, 15) is 18.0 Å². The molecule has 0 aromatic rings. The molecule has 6 heteroatoms. The van der Waals surface area contributed by atoms with Crippen LogP contribution in [0.5, 0.6) is 0 Å². The lowest BCUT2D eigenvalue weighted by Crippen LogP contribution is -2.68. The van der Waals surface area contributed by atoms with Crippen LogP contribution in [0.25, 0.3) is 0 Å². The zero-order chi connectivity index (χ0) is 14.5. The van der Waals surface area contributed by atoms with Crippen molar-refractivity contribution in [3.05, 3.63) is 0 Å². The van der Waals surface area contributed by atoms with Crippen LogP contribution in [0, 0.1) is 10.8 Å². The molecule has 0 aromatic carbocycles. The van der Waals surface area contributed by atoms with Crippen LogP contribution in [0.2, 0.25) is 0 Å². The molecule has 3 aliphatic rings. The Bertz CT molecular complexity index is 365. The fourth-order valence-electron chi connectivity index (χ4n) is 3.31. The summed E-state index contributed by atoms with van der Waals surface area (Å²) in [6.07, 6.45) is -3.31. The van der Waals surface area contributed by atoms with Gasteiger partial charge >= 0.3 is 12.3 Å². The van der Waals surface area contributed by atoms with Gasteiger partial charge in [0.25, 0.3) is 0 Å². The molecule has 0 heterocycles. The van der Waals surface area contributed by atoms with Crippen molar-refractivity contribution in [3.8, 4) is 0 Å². The van der Waals surface area contributed by atoms with Crippen LogP contribution in [-0.2, 0) is 4.74 Å². The topological polar surface area (TPSA) is 38.3 Å². The standard InChI is InChI=1S/C13H20F3NO2/c1-10(2,3)19-9(18)17-5-4-11-6-12(7-11,8-11)13(14,15)16/h4-8H2,1-3H3,(H,17,18). The summed E-state index contributed by atoms with van der Waals surface area (Å²) < 4.78 is 43.0. The number of carbonyl (C=O) groups is 1. The fourth-order valence-corrected chi connectivity index (χ4v) is 3.31. The number of hydrogen-bond acceptors (Lipinski definition) is 2. The number of alkyl halides is 3. The molecule has 1 amide bonds. The van der Waals surface area contributed by atoms with Gasteiger partial charge in [-0.15, -0.1) is 0 Å². The van der Waals surface area contributed by atoms with E-state index in [2.05, 4.69) is 5.32 Å². The molecule has 0 aromatic heterocycles. The summed E-state index contributed by atoms with van der Waals surface area (Å²) in [4.78, 5) is 11.4. The van der Waals surface area contributed by atoms with Gasteiger partial charge in [0.2, 0.25) is 0 Å². The van der Waals surface area contributed by atoms with Crippen LogP contribution in [0.3, 0.4) is 0 Å². The first-order valence-electron chi connectivity index (χ1n) is 6.51. The zero-order valence-electron chi connectivity index (χ0n) is 11.5. The molecule has 2 bridgehead atoms. The third kappa shape index (κ3) is 2.67. The quantitative estimate of drug-likeness (QED) is 0.856. The van der Waals surface area contributed by atoms with Gasteiger partial charge in [-0.3, -0.25) is 0 Å². The minimum atomic E-state index is -4.06. The lowest BCUT2D eigenvalue weighted by molar-refractivity contribution is -0.364. The number of carbonyl (C=O) groups excluding carboxylic acids is 1. The molecule has 3 aliphatic carbocycles. The van der Waals surface area contributed by atoms with Crippen molar-refractivity contribution >= 4 is 6.09 Å². The van der Waals surface area contributed by atoms with E-state index in [1.807, 2.05) is 0 Å². The Morgan fingerprint density at radius 2 is 1.74 bits per heavy atom. The Morgan fingerprint density at radius 1 is 1.21 bits per heavy atom. The van der Waals surface area contributed by atoms with Crippen LogP contribution in [0.1, 0.15) is 46.5 Å². The van der Waals surface area contributed by atoms with E-state index in [-0.39, 0.29) is 24.7 Å². The summed E-state index contributed by atoms with van der Waals surface area (Å²) in [6, 6.07) is 0. The number of ether oxygens (including phenoxy) is 1. The van der Waals surface area contributed by atoms with Gasteiger partial charge in [0.05, 0.1) is 5.41 Å². The molecule has 3 fully saturated rings. The summed E-state index contributed by atoms with van der Waals surface area (Å²) in [6.45, 7) is 5.67. The van der Waals surface area contributed by atoms with Gasteiger partial charge in [-0.05, 0) is 51.9 Å². The minimum Gasteiger partial charge on any atom is -0.444 e. The van der Waals surface area contributed by atoms with Crippen LogP contribution in [-0.4, -0.2) is 24.4 Å².